The second-order valence-corrected chi connectivity index (χ2v) is 8.52. The fraction of sp³-hybridized carbons (Fsp3) is 0.217. The predicted octanol–water partition coefficient (Wildman–Crippen LogP) is 3.45. The zero-order valence-corrected chi connectivity index (χ0v) is 18.4. The van der Waals surface area contributed by atoms with Gasteiger partial charge in [-0.15, -0.1) is 10.2 Å². The molecule has 2 aromatic carbocycles. The molecule has 0 saturated heterocycles. The van der Waals surface area contributed by atoms with E-state index in [9.17, 15) is 9.59 Å². The van der Waals surface area contributed by atoms with Crippen molar-refractivity contribution in [3.63, 3.8) is 0 Å². The van der Waals surface area contributed by atoms with E-state index in [-0.39, 0.29) is 6.42 Å². The van der Waals surface area contributed by atoms with E-state index in [1.54, 1.807) is 11.8 Å². The Kier molecular flexibility index (Phi) is 5.90. The van der Waals surface area contributed by atoms with Crippen LogP contribution in [0, 0.1) is 20.8 Å². The standard InChI is InChI=1S/C23H23N5O2S/c1-14-5-4-6-19(10-14)28-20(11-18-12-21(29)25-22(30)24-18)26-27-23(28)31-13-17-9-15(2)7-8-16(17)3/h4-10,12H,11,13H2,1-3H3,(H2,24,25,29,30). The zero-order chi connectivity index (χ0) is 22.0. The fourth-order valence-corrected chi connectivity index (χ4v) is 4.45. The number of aromatic amines is 2. The van der Waals surface area contributed by atoms with Gasteiger partial charge < -0.3 is 4.98 Å². The van der Waals surface area contributed by atoms with E-state index in [0.29, 0.717) is 11.5 Å². The van der Waals surface area contributed by atoms with Gasteiger partial charge in [-0.25, -0.2) is 4.79 Å². The number of hydrogen-bond acceptors (Lipinski definition) is 5. The molecule has 2 aromatic heterocycles. The Morgan fingerprint density at radius 2 is 1.74 bits per heavy atom. The molecule has 0 radical (unpaired) electrons. The van der Waals surface area contributed by atoms with Crippen LogP contribution >= 0.6 is 11.8 Å². The van der Waals surface area contributed by atoms with Gasteiger partial charge in [0.25, 0.3) is 5.56 Å². The molecule has 0 unspecified atom stereocenters. The maximum atomic E-state index is 11.7. The summed E-state index contributed by atoms with van der Waals surface area (Å²) in [7, 11) is 0. The average molecular weight is 434 g/mol. The molecule has 4 rings (SSSR count). The third-order valence-electron chi connectivity index (χ3n) is 4.99. The molecule has 158 valence electrons. The summed E-state index contributed by atoms with van der Waals surface area (Å²) in [6, 6.07) is 15.9. The van der Waals surface area contributed by atoms with E-state index in [1.807, 2.05) is 29.7 Å². The molecule has 0 amide bonds. The van der Waals surface area contributed by atoms with Crippen molar-refractivity contribution in [2.45, 2.75) is 38.1 Å². The van der Waals surface area contributed by atoms with Crippen LogP contribution in [0.4, 0.5) is 0 Å². The van der Waals surface area contributed by atoms with Crippen molar-refractivity contribution in [1.29, 1.82) is 0 Å². The molecule has 0 atom stereocenters. The van der Waals surface area contributed by atoms with E-state index in [4.69, 9.17) is 0 Å². The fourth-order valence-electron chi connectivity index (χ4n) is 3.42. The van der Waals surface area contributed by atoms with Gasteiger partial charge in [-0.1, -0.05) is 47.7 Å². The second kappa shape index (κ2) is 8.77. The van der Waals surface area contributed by atoms with E-state index in [2.05, 4.69) is 58.3 Å². The van der Waals surface area contributed by atoms with Crippen molar-refractivity contribution in [3.8, 4) is 5.69 Å². The summed E-state index contributed by atoms with van der Waals surface area (Å²) >= 11 is 1.61. The number of nitrogens with one attached hydrogen (secondary N) is 2. The van der Waals surface area contributed by atoms with Crippen LogP contribution in [0.2, 0.25) is 0 Å². The van der Waals surface area contributed by atoms with Gasteiger partial charge in [-0.05, 0) is 49.6 Å². The van der Waals surface area contributed by atoms with Gasteiger partial charge in [-0.2, -0.15) is 0 Å². The summed E-state index contributed by atoms with van der Waals surface area (Å²) in [5.74, 6) is 1.41. The molecule has 0 aliphatic rings. The Balaban J connectivity index is 1.72. The molecule has 8 heteroatoms. The largest absolute Gasteiger partial charge is 0.325 e. The third kappa shape index (κ3) is 4.86. The lowest BCUT2D eigenvalue weighted by atomic mass is 10.1. The molecule has 0 aliphatic carbocycles. The average Bonchev–Trinajstić information content (AvgIpc) is 3.10. The van der Waals surface area contributed by atoms with Gasteiger partial charge in [0.1, 0.15) is 5.82 Å². The van der Waals surface area contributed by atoms with Crippen LogP contribution in [0.25, 0.3) is 5.69 Å². The minimum absolute atomic E-state index is 0.282. The molecule has 4 aromatic rings. The van der Waals surface area contributed by atoms with E-state index in [1.165, 1.54) is 22.8 Å². The van der Waals surface area contributed by atoms with Crippen molar-refractivity contribution in [1.82, 2.24) is 24.7 Å². The third-order valence-corrected chi connectivity index (χ3v) is 5.96. The number of H-pyrrole nitrogens is 2. The van der Waals surface area contributed by atoms with Crippen molar-refractivity contribution in [2.75, 3.05) is 0 Å². The first-order valence-electron chi connectivity index (χ1n) is 9.92. The molecular formula is C23H23N5O2S. The number of hydrogen-bond donors (Lipinski definition) is 2. The number of thioether (sulfide) groups is 1. The first kappa shape index (κ1) is 20.9. The lowest BCUT2D eigenvalue weighted by Crippen LogP contribution is -2.23. The van der Waals surface area contributed by atoms with Crippen LogP contribution in [0.15, 0.2) is 63.3 Å². The molecule has 31 heavy (non-hydrogen) atoms. The highest BCUT2D eigenvalue weighted by atomic mass is 32.2. The lowest BCUT2D eigenvalue weighted by Gasteiger charge is -2.12. The number of rotatable bonds is 6. The topological polar surface area (TPSA) is 96.4 Å². The molecule has 0 saturated carbocycles. The molecule has 2 N–H and O–H groups in total. The van der Waals surface area contributed by atoms with Crippen molar-refractivity contribution >= 4 is 11.8 Å². The number of aryl methyl sites for hydroxylation is 3. The first-order valence-corrected chi connectivity index (χ1v) is 10.9. The minimum atomic E-state index is -0.534. The zero-order valence-electron chi connectivity index (χ0n) is 17.6. The number of nitrogens with zero attached hydrogens (tertiary/aromatic N) is 3. The Morgan fingerprint density at radius 3 is 2.52 bits per heavy atom. The maximum Gasteiger partial charge on any atom is 0.325 e. The summed E-state index contributed by atoms with van der Waals surface area (Å²) < 4.78 is 1.99. The highest BCUT2D eigenvalue weighted by molar-refractivity contribution is 7.98. The molecular weight excluding hydrogens is 410 g/mol. The monoisotopic (exact) mass is 433 g/mol. The van der Waals surface area contributed by atoms with Crippen molar-refractivity contribution in [2.24, 2.45) is 0 Å². The Labute approximate surface area is 183 Å². The predicted molar refractivity (Wildman–Crippen MR) is 122 cm³/mol. The normalized spacial score (nSPS) is 11.1. The molecule has 0 bridgehead atoms. The maximum absolute atomic E-state index is 11.7. The SMILES string of the molecule is Cc1cccc(-n2c(Cc3cc(=O)[nH]c(=O)[nH]3)nnc2SCc2cc(C)ccc2C)c1. The Hall–Kier alpha value is -3.39. The van der Waals surface area contributed by atoms with Gasteiger partial charge in [0.2, 0.25) is 0 Å². The Morgan fingerprint density at radius 1 is 0.935 bits per heavy atom. The Bertz CT molecular complexity index is 1320. The summed E-state index contributed by atoms with van der Waals surface area (Å²) in [6.45, 7) is 6.23. The first-order chi connectivity index (χ1) is 14.9. The van der Waals surface area contributed by atoms with Crippen LogP contribution in [0.3, 0.4) is 0 Å². The summed E-state index contributed by atoms with van der Waals surface area (Å²) in [5.41, 5.74) is 5.29. The van der Waals surface area contributed by atoms with E-state index in [0.717, 1.165) is 22.2 Å². The van der Waals surface area contributed by atoms with Crippen LogP contribution in [0.1, 0.15) is 33.8 Å². The lowest BCUT2D eigenvalue weighted by molar-refractivity contribution is 0.828. The van der Waals surface area contributed by atoms with Gasteiger partial charge in [0, 0.05) is 29.6 Å². The van der Waals surface area contributed by atoms with Crippen LogP contribution < -0.4 is 11.2 Å². The molecule has 0 spiro atoms. The quantitative estimate of drug-likeness (QED) is 0.454. The molecule has 0 aliphatic heterocycles. The van der Waals surface area contributed by atoms with Crippen molar-refractivity contribution < 1.29 is 0 Å². The van der Waals surface area contributed by atoms with Crippen LogP contribution in [-0.2, 0) is 12.2 Å². The van der Waals surface area contributed by atoms with Gasteiger partial charge in [0.15, 0.2) is 5.16 Å². The van der Waals surface area contributed by atoms with Gasteiger partial charge in [0.05, 0.1) is 0 Å². The smallest absolute Gasteiger partial charge is 0.311 e. The molecule has 2 heterocycles. The molecule has 7 nitrogen and oxygen atoms in total. The highest BCUT2D eigenvalue weighted by Gasteiger charge is 2.16. The summed E-state index contributed by atoms with van der Waals surface area (Å²) in [6.07, 6.45) is 0.282. The van der Waals surface area contributed by atoms with Gasteiger partial charge in [-0.3, -0.25) is 14.3 Å². The van der Waals surface area contributed by atoms with E-state index >= 15 is 0 Å². The number of aromatic nitrogens is 5. The summed E-state index contributed by atoms with van der Waals surface area (Å²) in [4.78, 5) is 28.2. The minimum Gasteiger partial charge on any atom is -0.311 e. The number of benzene rings is 2. The van der Waals surface area contributed by atoms with E-state index < -0.39 is 11.2 Å². The molecule has 0 fully saturated rings. The summed E-state index contributed by atoms with van der Waals surface area (Å²) in [5, 5.41) is 9.57. The van der Waals surface area contributed by atoms with Crippen LogP contribution in [0.5, 0.6) is 0 Å². The van der Waals surface area contributed by atoms with Crippen molar-refractivity contribution in [3.05, 3.63) is 103 Å². The highest BCUT2D eigenvalue weighted by Crippen LogP contribution is 2.27. The second-order valence-electron chi connectivity index (χ2n) is 7.58. The van der Waals surface area contributed by atoms with Crippen LogP contribution in [-0.4, -0.2) is 24.7 Å². The van der Waals surface area contributed by atoms with Gasteiger partial charge >= 0.3 is 5.69 Å².